The van der Waals surface area contributed by atoms with Crippen LogP contribution in [0.15, 0.2) is 55.6 Å². The van der Waals surface area contributed by atoms with E-state index in [-0.39, 0.29) is 48.8 Å². The highest BCUT2D eigenvalue weighted by molar-refractivity contribution is 6.03. The molecule has 43 heavy (non-hydrogen) atoms. The average Bonchev–Trinajstić information content (AvgIpc) is 3.51. The Morgan fingerprint density at radius 3 is 2.33 bits per heavy atom. The number of amides is 3. The summed E-state index contributed by atoms with van der Waals surface area (Å²) in [6, 6.07) is 7.96. The van der Waals surface area contributed by atoms with E-state index in [1.165, 1.54) is 0 Å². The number of likely N-dealkylation sites (tertiary alicyclic amines) is 1. The Bertz CT molecular complexity index is 1230. The molecule has 1 spiro atoms. The van der Waals surface area contributed by atoms with Crippen molar-refractivity contribution in [3.63, 3.8) is 0 Å². The molecular weight excluding hydrogens is 542 g/mol. The molecule has 3 saturated heterocycles. The number of fused-ring (bicyclic) bond motifs is 1. The highest BCUT2D eigenvalue weighted by Gasteiger charge is 2.80. The molecule has 8 heteroatoms. The first kappa shape index (κ1) is 31.5. The molecule has 0 aromatic heterocycles. The Labute approximate surface area is 256 Å². The van der Waals surface area contributed by atoms with Gasteiger partial charge in [0.25, 0.3) is 0 Å². The molecule has 1 aromatic carbocycles. The number of benzene rings is 1. The monoisotopic (exact) mass is 591 g/mol. The number of para-hydroxylation sites is 1. The smallest absolute Gasteiger partial charge is 0.248 e. The topological polar surface area (TPSA) is 90.4 Å². The van der Waals surface area contributed by atoms with E-state index in [1.54, 1.807) is 22.0 Å². The zero-order chi connectivity index (χ0) is 31.1. The summed E-state index contributed by atoms with van der Waals surface area (Å²) in [5, 5.41) is 10.6. The molecular formula is C35H49N3O5. The number of carbonyl (C=O) groups is 3. The molecule has 3 unspecified atom stereocenters. The van der Waals surface area contributed by atoms with E-state index in [9.17, 15) is 19.5 Å². The van der Waals surface area contributed by atoms with Crippen molar-refractivity contribution in [3.05, 3.63) is 55.6 Å². The number of aliphatic hydroxyl groups excluding tert-OH is 1. The molecule has 8 nitrogen and oxygen atoms in total. The number of carbonyl (C=O) groups excluding carboxylic acids is 3. The predicted octanol–water partition coefficient (Wildman–Crippen LogP) is 4.58. The number of rotatable bonds is 11. The Hall–Kier alpha value is -2.97. The van der Waals surface area contributed by atoms with Crippen LogP contribution >= 0.6 is 0 Å². The molecule has 3 amide bonds. The van der Waals surface area contributed by atoms with Crippen LogP contribution in [0.4, 0.5) is 5.69 Å². The van der Waals surface area contributed by atoms with Gasteiger partial charge in [0.05, 0.1) is 30.1 Å². The van der Waals surface area contributed by atoms with Gasteiger partial charge in [0.1, 0.15) is 11.6 Å². The molecule has 0 radical (unpaired) electrons. The van der Waals surface area contributed by atoms with Gasteiger partial charge >= 0.3 is 0 Å². The summed E-state index contributed by atoms with van der Waals surface area (Å²) in [6.45, 7) is 16.1. The summed E-state index contributed by atoms with van der Waals surface area (Å²) in [7, 11) is 0. The maximum absolute atomic E-state index is 14.9. The van der Waals surface area contributed by atoms with Crippen molar-refractivity contribution in [1.29, 1.82) is 0 Å². The first-order valence-corrected chi connectivity index (χ1v) is 16.1. The zero-order valence-corrected chi connectivity index (χ0v) is 26.3. The van der Waals surface area contributed by atoms with Gasteiger partial charge in [-0.3, -0.25) is 14.4 Å². The maximum atomic E-state index is 14.9. The first-order chi connectivity index (χ1) is 20.6. The highest BCUT2D eigenvalue weighted by Crippen LogP contribution is 2.66. The lowest BCUT2D eigenvalue weighted by molar-refractivity contribution is -0.158. The lowest BCUT2D eigenvalue weighted by atomic mass is 9.62. The van der Waals surface area contributed by atoms with Gasteiger partial charge in [0.2, 0.25) is 17.7 Å². The first-order valence-electron chi connectivity index (χ1n) is 16.1. The molecule has 1 saturated carbocycles. The third kappa shape index (κ3) is 4.95. The molecule has 4 aliphatic rings. The van der Waals surface area contributed by atoms with Crippen LogP contribution in [0.5, 0.6) is 0 Å². The van der Waals surface area contributed by atoms with Gasteiger partial charge in [0.15, 0.2) is 0 Å². The van der Waals surface area contributed by atoms with Gasteiger partial charge in [-0.1, -0.05) is 70.4 Å². The van der Waals surface area contributed by atoms with Gasteiger partial charge in [-0.25, -0.2) is 0 Å². The van der Waals surface area contributed by atoms with E-state index in [4.69, 9.17) is 4.74 Å². The SMILES string of the molecule is C=CCN(C(=O)[C@@H]1[C@H]2C(=O)N([C@@H](CO)C(C)C)C(C(=O)N(CC=C)C3CCCCC3)C23CC(C)[C@@]1(C)O3)c1ccccc1. The van der Waals surface area contributed by atoms with Crippen LogP contribution in [0.1, 0.15) is 66.2 Å². The van der Waals surface area contributed by atoms with Gasteiger partial charge in [-0.15, -0.1) is 13.2 Å². The Balaban J connectivity index is 1.64. The summed E-state index contributed by atoms with van der Waals surface area (Å²) in [6.07, 6.45) is 9.02. The summed E-state index contributed by atoms with van der Waals surface area (Å²) in [5.41, 5.74) is -1.38. The van der Waals surface area contributed by atoms with E-state index in [0.29, 0.717) is 13.0 Å². The molecule has 4 fully saturated rings. The van der Waals surface area contributed by atoms with Crippen molar-refractivity contribution in [1.82, 2.24) is 9.80 Å². The third-order valence-corrected chi connectivity index (χ3v) is 10.8. The minimum Gasteiger partial charge on any atom is -0.394 e. The summed E-state index contributed by atoms with van der Waals surface area (Å²) < 4.78 is 7.02. The fraction of sp³-hybridized carbons (Fsp3) is 0.629. The van der Waals surface area contributed by atoms with Crippen LogP contribution in [-0.4, -0.2) is 81.7 Å². The van der Waals surface area contributed by atoms with Crippen LogP contribution in [0.2, 0.25) is 0 Å². The Kier molecular flexibility index (Phi) is 8.92. The van der Waals surface area contributed by atoms with Crippen molar-refractivity contribution in [3.8, 4) is 0 Å². The van der Waals surface area contributed by atoms with Gasteiger partial charge in [0, 0.05) is 24.8 Å². The Morgan fingerprint density at radius 1 is 1.09 bits per heavy atom. The highest BCUT2D eigenvalue weighted by atomic mass is 16.5. The summed E-state index contributed by atoms with van der Waals surface area (Å²) >= 11 is 0. The fourth-order valence-electron chi connectivity index (χ4n) is 8.64. The van der Waals surface area contributed by atoms with E-state index >= 15 is 0 Å². The largest absolute Gasteiger partial charge is 0.394 e. The van der Waals surface area contributed by atoms with Crippen LogP contribution in [0.3, 0.4) is 0 Å². The van der Waals surface area contributed by atoms with Gasteiger partial charge in [-0.05, 0) is 50.2 Å². The maximum Gasteiger partial charge on any atom is 0.248 e. The van der Waals surface area contributed by atoms with Gasteiger partial charge in [-0.2, -0.15) is 0 Å². The minimum absolute atomic E-state index is 0.0588. The van der Waals surface area contributed by atoms with Crippen LogP contribution in [-0.2, 0) is 19.1 Å². The van der Waals surface area contributed by atoms with Crippen molar-refractivity contribution < 1.29 is 24.2 Å². The molecule has 3 aliphatic heterocycles. The molecule has 234 valence electrons. The number of aliphatic hydroxyl groups is 1. The van der Waals surface area contributed by atoms with Crippen molar-refractivity contribution in [2.24, 2.45) is 23.7 Å². The summed E-state index contributed by atoms with van der Waals surface area (Å²) in [4.78, 5) is 49.6. The quantitative estimate of drug-likeness (QED) is 0.381. The molecule has 1 aliphatic carbocycles. The van der Waals surface area contributed by atoms with E-state index in [1.807, 2.05) is 56.0 Å². The van der Waals surface area contributed by atoms with Crippen molar-refractivity contribution in [2.75, 3.05) is 24.6 Å². The van der Waals surface area contributed by atoms with Crippen LogP contribution in [0.25, 0.3) is 0 Å². The zero-order valence-electron chi connectivity index (χ0n) is 26.3. The number of nitrogens with zero attached hydrogens (tertiary/aromatic N) is 3. The third-order valence-electron chi connectivity index (χ3n) is 10.8. The minimum atomic E-state index is -1.17. The number of hydrogen-bond acceptors (Lipinski definition) is 5. The van der Waals surface area contributed by atoms with Crippen LogP contribution in [0, 0.1) is 23.7 Å². The lowest BCUT2D eigenvalue weighted by Gasteiger charge is -2.43. The number of anilines is 1. The number of hydrogen-bond donors (Lipinski definition) is 1. The summed E-state index contributed by atoms with van der Waals surface area (Å²) in [5.74, 6) is -2.44. The van der Waals surface area contributed by atoms with Gasteiger partial charge < -0.3 is 24.5 Å². The second-order valence-electron chi connectivity index (χ2n) is 13.6. The molecule has 2 bridgehead atoms. The normalized spacial score (nSPS) is 32.5. The molecule has 5 rings (SSSR count). The molecule has 1 N–H and O–H groups in total. The molecule has 1 aromatic rings. The van der Waals surface area contributed by atoms with Crippen LogP contribution < -0.4 is 4.90 Å². The van der Waals surface area contributed by atoms with E-state index in [0.717, 1.165) is 37.8 Å². The Morgan fingerprint density at radius 2 is 1.74 bits per heavy atom. The predicted molar refractivity (Wildman–Crippen MR) is 167 cm³/mol. The standard InChI is InChI=1S/C35H49N3O5/c1-7-19-36(25-15-11-9-12-16-25)31(40)28-29-32(41)38(27(22-39)23(3)4)30(35(29)21-24(5)34(28,6)43-35)33(42)37(20-8-2)26-17-13-10-14-18-26/h7-9,11-12,15-16,23-24,26-30,39H,1-2,10,13-14,17-22H2,3-6H3/t24?,27-,28-,29-,30?,34+,35?/m0/s1. The fourth-order valence-corrected chi connectivity index (χ4v) is 8.64. The van der Waals surface area contributed by atoms with E-state index < -0.39 is 35.1 Å². The second kappa shape index (κ2) is 12.2. The number of ether oxygens (including phenoxy) is 1. The lowest BCUT2D eigenvalue weighted by Crippen LogP contribution is -2.61. The van der Waals surface area contributed by atoms with E-state index in [2.05, 4.69) is 20.1 Å². The van der Waals surface area contributed by atoms with Crippen molar-refractivity contribution >= 4 is 23.4 Å². The average molecular weight is 592 g/mol. The van der Waals surface area contributed by atoms with Crippen molar-refractivity contribution in [2.45, 2.75) is 95.5 Å². The molecule has 3 heterocycles. The second-order valence-corrected chi connectivity index (χ2v) is 13.6. The molecule has 7 atom stereocenters.